The summed E-state index contributed by atoms with van der Waals surface area (Å²) in [7, 11) is 1.81. The molecule has 1 aromatic heterocycles. The number of aliphatic hydroxyl groups is 1. The van der Waals surface area contributed by atoms with Crippen LogP contribution in [0.4, 0.5) is 0 Å². The number of amides is 1. The number of benzene rings is 1. The Morgan fingerprint density at radius 1 is 1.40 bits per heavy atom. The first kappa shape index (κ1) is 13.1. The van der Waals surface area contributed by atoms with Crippen molar-refractivity contribution in [2.75, 3.05) is 0 Å². The summed E-state index contributed by atoms with van der Waals surface area (Å²) in [5, 5.41) is 20.7. The number of aromatic nitrogens is 3. The predicted octanol–water partition coefficient (Wildman–Crippen LogP) is 1.00. The predicted molar refractivity (Wildman–Crippen MR) is 74.2 cm³/mol. The number of carbonyl (C=O) groups is 1. The molecule has 2 unspecified atom stereocenters. The minimum atomic E-state index is -0.437. The van der Waals surface area contributed by atoms with Crippen LogP contribution in [0, 0.1) is 0 Å². The lowest BCUT2D eigenvalue weighted by Gasteiger charge is -2.28. The van der Waals surface area contributed by atoms with Crippen LogP contribution in [0.2, 0.25) is 0 Å². The Bertz CT molecular complexity index is 637. The lowest BCUT2D eigenvalue weighted by molar-refractivity contribution is 0.0717. The third-order valence-electron chi connectivity index (χ3n) is 3.92. The summed E-state index contributed by atoms with van der Waals surface area (Å²) >= 11 is 0. The summed E-state index contributed by atoms with van der Waals surface area (Å²) in [5.74, 6) is -0.163. The van der Waals surface area contributed by atoms with E-state index in [2.05, 4.69) is 15.6 Å². The molecule has 1 aliphatic carbocycles. The SMILES string of the molecule is Cn1nnc2cc(C(=O)NC3CCCCC3O)ccc21. The summed E-state index contributed by atoms with van der Waals surface area (Å²) in [6.07, 6.45) is 3.23. The molecule has 2 aromatic rings. The van der Waals surface area contributed by atoms with E-state index in [1.165, 1.54) is 0 Å². The second-order valence-corrected chi connectivity index (χ2v) is 5.35. The molecule has 6 nitrogen and oxygen atoms in total. The molecule has 6 heteroatoms. The van der Waals surface area contributed by atoms with Gasteiger partial charge in [0.15, 0.2) is 0 Å². The van der Waals surface area contributed by atoms with Gasteiger partial charge in [0.05, 0.1) is 17.7 Å². The van der Waals surface area contributed by atoms with Gasteiger partial charge in [0.2, 0.25) is 0 Å². The Balaban J connectivity index is 1.78. The van der Waals surface area contributed by atoms with Gasteiger partial charge >= 0.3 is 0 Å². The second-order valence-electron chi connectivity index (χ2n) is 5.35. The van der Waals surface area contributed by atoms with E-state index in [1.807, 2.05) is 13.1 Å². The van der Waals surface area contributed by atoms with Gasteiger partial charge in [-0.1, -0.05) is 18.1 Å². The fraction of sp³-hybridized carbons (Fsp3) is 0.500. The van der Waals surface area contributed by atoms with Crippen LogP contribution in [0.25, 0.3) is 11.0 Å². The zero-order valence-electron chi connectivity index (χ0n) is 11.4. The Hall–Kier alpha value is -1.95. The van der Waals surface area contributed by atoms with Gasteiger partial charge in [0, 0.05) is 12.6 Å². The molecule has 1 aromatic carbocycles. The fourth-order valence-electron chi connectivity index (χ4n) is 2.71. The van der Waals surface area contributed by atoms with Gasteiger partial charge in [-0.25, -0.2) is 4.68 Å². The first-order valence-electron chi connectivity index (χ1n) is 6.93. The molecule has 20 heavy (non-hydrogen) atoms. The van der Waals surface area contributed by atoms with Crippen LogP contribution < -0.4 is 5.32 Å². The molecule has 2 atom stereocenters. The number of nitrogens with one attached hydrogen (secondary N) is 1. The van der Waals surface area contributed by atoms with Crippen molar-refractivity contribution in [2.45, 2.75) is 37.8 Å². The second kappa shape index (κ2) is 5.20. The zero-order valence-corrected chi connectivity index (χ0v) is 11.4. The van der Waals surface area contributed by atoms with E-state index in [1.54, 1.807) is 16.8 Å². The highest BCUT2D eigenvalue weighted by atomic mass is 16.3. The number of hydrogen-bond donors (Lipinski definition) is 2. The molecule has 1 fully saturated rings. The molecule has 3 rings (SSSR count). The number of aryl methyl sites for hydroxylation is 1. The van der Waals surface area contributed by atoms with Crippen molar-refractivity contribution < 1.29 is 9.90 Å². The van der Waals surface area contributed by atoms with E-state index >= 15 is 0 Å². The van der Waals surface area contributed by atoms with Crippen molar-refractivity contribution in [2.24, 2.45) is 7.05 Å². The largest absolute Gasteiger partial charge is 0.391 e. The highest BCUT2D eigenvalue weighted by Gasteiger charge is 2.24. The quantitative estimate of drug-likeness (QED) is 0.856. The maximum atomic E-state index is 12.2. The van der Waals surface area contributed by atoms with E-state index in [0.29, 0.717) is 11.1 Å². The lowest BCUT2D eigenvalue weighted by Crippen LogP contribution is -2.45. The van der Waals surface area contributed by atoms with Gasteiger partial charge < -0.3 is 10.4 Å². The van der Waals surface area contributed by atoms with E-state index in [4.69, 9.17) is 0 Å². The number of fused-ring (bicyclic) bond motifs is 1. The number of carbonyl (C=O) groups excluding carboxylic acids is 1. The lowest BCUT2D eigenvalue weighted by atomic mass is 9.92. The smallest absolute Gasteiger partial charge is 0.251 e. The summed E-state index contributed by atoms with van der Waals surface area (Å²) in [6, 6.07) is 5.18. The molecular formula is C14H18N4O2. The van der Waals surface area contributed by atoms with Crippen LogP contribution in [-0.2, 0) is 7.05 Å². The monoisotopic (exact) mass is 274 g/mol. The van der Waals surface area contributed by atoms with Gasteiger partial charge in [0.1, 0.15) is 5.52 Å². The molecule has 1 amide bonds. The van der Waals surface area contributed by atoms with Gasteiger partial charge in [-0.2, -0.15) is 0 Å². The van der Waals surface area contributed by atoms with E-state index in [9.17, 15) is 9.90 Å². The van der Waals surface area contributed by atoms with Crippen LogP contribution in [-0.4, -0.2) is 38.2 Å². The maximum Gasteiger partial charge on any atom is 0.251 e. The molecule has 106 valence electrons. The number of hydrogen-bond acceptors (Lipinski definition) is 4. The third-order valence-corrected chi connectivity index (χ3v) is 3.92. The molecule has 0 spiro atoms. The van der Waals surface area contributed by atoms with Crippen LogP contribution in [0.3, 0.4) is 0 Å². The van der Waals surface area contributed by atoms with Crippen LogP contribution in [0.5, 0.6) is 0 Å². The molecular weight excluding hydrogens is 256 g/mol. The van der Waals surface area contributed by atoms with Crippen molar-refractivity contribution in [3.05, 3.63) is 23.8 Å². The highest BCUT2D eigenvalue weighted by molar-refractivity contribution is 5.97. The van der Waals surface area contributed by atoms with E-state index in [-0.39, 0.29) is 11.9 Å². The van der Waals surface area contributed by atoms with Crippen LogP contribution >= 0.6 is 0 Å². The van der Waals surface area contributed by atoms with Crippen LogP contribution in [0.15, 0.2) is 18.2 Å². The zero-order chi connectivity index (χ0) is 14.1. The Kier molecular flexibility index (Phi) is 3.40. The van der Waals surface area contributed by atoms with Gasteiger partial charge in [-0.3, -0.25) is 4.79 Å². The minimum absolute atomic E-state index is 0.145. The van der Waals surface area contributed by atoms with Crippen molar-refractivity contribution >= 4 is 16.9 Å². The average Bonchev–Trinajstić information content (AvgIpc) is 2.82. The molecule has 1 saturated carbocycles. The molecule has 0 radical (unpaired) electrons. The normalized spacial score (nSPS) is 22.9. The number of nitrogens with zero attached hydrogens (tertiary/aromatic N) is 3. The summed E-state index contributed by atoms with van der Waals surface area (Å²) in [5.41, 5.74) is 2.14. The molecule has 0 bridgehead atoms. The van der Waals surface area contributed by atoms with E-state index < -0.39 is 6.10 Å². The maximum absolute atomic E-state index is 12.2. The molecule has 0 saturated heterocycles. The van der Waals surface area contributed by atoms with Crippen LogP contribution in [0.1, 0.15) is 36.0 Å². The number of aliphatic hydroxyl groups excluding tert-OH is 1. The Morgan fingerprint density at radius 2 is 2.20 bits per heavy atom. The van der Waals surface area contributed by atoms with Crippen molar-refractivity contribution in [3.8, 4) is 0 Å². The summed E-state index contributed by atoms with van der Waals surface area (Å²) < 4.78 is 1.67. The molecule has 0 aliphatic heterocycles. The average molecular weight is 274 g/mol. The standard InChI is InChI=1S/C14H18N4O2/c1-18-12-7-6-9(8-11(12)16-17-18)14(20)15-10-4-2-3-5-13(10)19/h6-8,10,13,19H,2-5H2,1H3,(H,15,20). The first-order valence-corrected chi connectivity index (χ1v) is 6.93. The summed E-state index contributed by atoms with van der Waals surface area (Å²) in [6.45, 7) is 0. The topological polar surface area (TPSA) is 80.0 Å². The fourth-order valence-corrected chi connectivity index (χ4v) is 2.71. The van der Waals surface area contributed by atoms with Gasteiger partial charge in [-0.05, 0) is 31.0 Å². The molecule has 1 aliphatic rings. The van der Waals surface area contributed by atoms with E-state index in [0.717, 1.165) is 31.2 Å². The van der Waals surface area contributed by atoms with Gasteiger partial charge in [-0.15, -0.1) is 5.10 Å². The minimum Gasteiger partial charge on any atom is -0.391 e. The van der Waals surface area contributed by atoms with Crippen molar-refractivity contribution in [1.29, 1.82) is 0 Å². The Labute approximate surface area is 116 Å². The molecule has 2 N–H and O–H groups in total. The Morgan fingerprint density at radius 3 is 3.00 bits per heavy atom. The summed E-state index contributed by atoms with van der Waals surface area (Å²) in [4.78, 5) is 12.2. The molecule has 1 heterocycles. The number of rotatable bonds is 2. The third kappa shape index (κ3) is 2.38. The first-order chi connectivity index (χ1) is 9.65. The highest BCUT2D eigenvalue weighted by Crippen LogP contribution is 2.19. The van der Waals surface area contributed by atoms with Crippen molar-refractivity contribution in [1.82, 2.24) is 20.3 Å². The van der Waals surface area contributed by atoms with Crippen molar-refractivity contribution in [3.63, 3.8) is 0 Å². The van der Waals surface area contributed by atoms with Gasteiger partial charge in [0.25, 0.3) is 5.91 Å².